The molecule has 7 nitrogen and oxygen atoms in total. The molecule has 2 amide bonds. The van der Waals surface area contributed by atoms with Crippen molar-refractivity contribution in [3.05, 3.63) is 64.7 Å². The highest BCUT2D eigenvalue weighted by molar-refractivity contribution is 5.83. The van der Waals surface area contributed by atoms with Crippen LogP contribution in [0, 0.1) is 0 Å². The fourth-order valence-electron chi connectivity index (χ4n) is 5.40. The van der Waals surface area contributed by atoms with Crippen LogP contribution in [0.1, 0.15) is 62.1 Å². The normalized spacial score (nSPS) is 16.9. The highest BCUT2D eigenvalue weighted by Gasteiger charge is 2.37. The summed E-state index contributed by atoms with van der Waals surface area (Å²) in [6.07, 6.45) is 9.74. The first-order valence-electron chi connectivity index (χ1n) is 13.1. The van der Waals surface area contributed by atoms with Crippen molar-refractivity contribution in [1.29, 1.82) is 0 Å². The second-order valence-corrected chi connectivity index (χ2v) is 9.84. The Labute approximate surface area is 211 Å². The minimum atomic E-state index is -0.370. The van der Waals surface area contributed by atoms with Crippen LogP contribution in [0.5, 0.6) is 11.5 Å². The Bertz CT molecular complexity index is 1290. The lowest BCUT2D eigenvalue weighted by Crippen LogP contribution is -2.41. The molecule has 2 heterocycles. The molecule has 1 spiro atoms. The Morgan fingerprint density at radius 3 is 2.64 bits per heavy atom. The van der Waals surface area contributed by atoms with Crippen molar-refractivity contribution in [2.45, 2.75) is 70.3 Å². The quantitative estimate of drug-likeness (QED) is 0.455. The third kappa shape index (κ3) is 5.35. The van der Waals surface area contributed by atoms with Gasteiger partial charge in [-0.2, -0.15) is 0 Å². The van der Waals surface area contributed by atoms with Gasteiger partial charge in [0.05, 0.1) is 7.11 Å². The maximum absolute atomic E-state index is 12.3. The van der Waals surface area contributed by atoms with E-state index in [2.05, 4.69) is 28.8 Å². The topological polar surface area (TPSA) is 85.1 Å². The lowest BCUT2D eigenvalue weighted by molar-refractivity contribution is 0.0109. The third-order valence-corrected chi connectivity index (χ3v) is 7.47. The van der Waals surface area contributed by atoms with E-state index in [1.165, 1.54) is 24.8 Å². The SMILES string of the molecule is CCc1cc(=NNC(=O)NCCc2ccc(OC)cc2)oc2cc3c(cc12)CCC1(CCCCC1)O3. The molecule has 0 bridgehead atoms. The van der Waals surface area contributed by atoms with Gasteiger partial charge in [0.15, 0.2) is 0 Å². The summed E-state index contributed by atoms with van der Waals surface area (Å²) in [5, 5.41) is 8.14. The highest BCUT2D eigenvalue weighted by Crippen LogP contribution is 2.43. The number of aryl methyl sites for hydroxylation is 2. The fraction of sp³-hybridized carbons (Fsp3) is 0.448. The standard InChI is InChI=1S/C29H35N3O4/c1-3-21-18-27(31-32-28(33)30-16-12-20-7-9-23(34-2)10-8-20)35-26-19-25-22(17-24(21)26)11-15-29(36-25)13-5-4-6-14-29/h7-10,17-19H,3-6,11-16H2,1-2H3,(H2,30,32,33). The van der Waals surface area contributed by atoms with E-state index in [1.54, 1.807) is 7.11 Å². The van der Waals surface area contributed by atoms with E-state index in [9.17, 15) is 4.79 Å². The number of rotatable bonds is 6. The Hall–Kier alpha value is -3.48. The van der Waals surface area contributed by atoms with Gasteiger partial charge in [-0.1, -0.05) is 25.5 Å². The molecule has 1 fully saturated rings. The molecule has 1 aliphatic heterocycles. The molecule has 0 radical (unpaired) electrons. The van der Waals surface area contributed by atoms with E-state index in [0.29, 0.717) is 18.5 Å². The molecule has 1 saturated carbocycles. The summed E-state index contributed by atoms with van der Waals surface area (Å²) < 4.78 is 17.9. The zero-order valence-electron chi connectivity index (χ0n) is 21.2. The van der Waals surface area contributed by atoms with Crippen molar-refractivity contribution in [2.75, 3.05) is 13.7 Å². The zero-order chi connectivity index (χ0) is 25.0. The average molecular weight is 490 g/mol. The average Bonchev–Trinajstić information content (AvgIpc) is 2.91. The van der Waals surface area contributed by atoms with Gasteiger partial charge in [-0.15, -0.1) is 5.10 Å². The van der Waals surface area contributed by atoms with E-state index in [4.69, 9.17) is 13.9 Å². The number of fused-ring (bicyclic) bond motifs is 2. The molecule has 0 saturated heterocycles. The number of ether oxygens (including phenoxy) is 2. The second kappa shape index (κ2) is 10.6. The second-order valence-electron chi connectivity index (χ2n) is 9.84. The fourth-order valence-corrected chi connectivity index (χ4v) is 5.40. The summed E-state index contributed by atoms with van der Waals surface area (Å²) in [5.74, 6) is 1.75. The predicted octanol–water partition coefficient (Wildman–Crippen LogP) is 5.39. The minimum absolute atomic E-state index is 0.0139. The molecule has 2 aliphatic rings. The van der Waals surface area contributed by atoms with Gasteiger partial charge >= 0.3 is 6.03 Å². The van der Waals surface area contributed by atoms with Crippen molar-refractivity contribution in [3.63, 3.8) is 0 Å². The maximum atomic E-state index is 12.3. The van der Waals surface area contributed by atoms with Crippen molar-refractivity contribution in [2.24, 2.45) is 5.10 Å². The number of hydrogen-bond donors (Lipinski definition) is 2. The predicted molar refractivity (Wildman–Crippen MR) is 139 cm³/mol. The molecule has 2 N–H and O–H groups in total. The number of nitrogens with zero attached hydrogens (tertiary/aromatic N) is 1. The molecule has 1 aliphatic carbocycles. The summed E-state index contributed by atoms with van der Waals surface area (Å²) in [4.78, 5) is 12.3. The molecule has 190 valence electrons. The zero-order valence-corrected chi connectivity index (χ0v) is 21.2. The van der Waals surface area contributed by atoms with Gasteiger partial charge in [-0.25, -0.2) is 10.2 Å². The molecule has 36 heavy (non-hydrogen) atoms. The van der Waals surface area contributed by atoms with Crippen LogP contribution < -0.4 is 25.8 Å². The Morgan fingerprint density at radius 1 is 1.08 bits per heavy atom. The molecule has 0 unspecified atom stereocenters. The first-order chi connectivity index (χ1) is 17.6. The largest absolute Gasteiger partial charge is 0.497 e. The number of carbonyl (C=O) groups is 1. The van der Waals surface area contributed by atoms with Crippen LogP contribution in [-0.4, -0.2) is 25.3 Å². The third-order valence-electron chi connectivity index (χ3n) is 7.47. The molecular formula is C29H35N3O4. The number of hydrogen-bond acceptors (Lipinski definition) is 5. The number of urea groups is 1. The Morgan fingerprint density at radius 2 is 1.89 bits per heavy atom. The number of methoxy groups -OCH3 is 1. The summed E-state index contributed by atoms with van der Waals surface area (Å²) in [5.41, 5.74) is 7.16. The lowest BCUT2D eigenvalue weighted by atomic mass is 9.79. The van der Waals surface area contributed by atoms with Crippen LogP contribution in [0.2, 0.25) is 0 Å². The van der Waals surface area contributed by atoms with Crippen LogP contribution in [0.15, 0.2) is 52.0 Å². The van der Waals surface area contributed by atoms with Crippen LogP contribution in [0.25, 0.3) is 11.0 Å². The molecule has 5 rings (SSSR count). The van der Waals surface area contributed by atoms with Crippen molar-refractivity contribution in [1.82, 2.24) is 10.7 Å². The first-order valence-corrected chi connectivity index (χ1v) is 13.1. The van der Waals surface area contributed by atoms with Crippen LogP contribution in [0.4, 0.5) is 4.79 Å². The number of amides is 2. The summed E-state index contributed by atoms with van der Waals surface area (Å²) in [6.45, 7) is 2.61. The highest BCUT2D eigenvalue weighted by atomic mass is 16.5. The minimum Gasteiger partial charge on any atom is -0.497 e. The van der Waals surface area contributed by atoms with E-state index < -0.39 is 0 Å². The molecule has 7 heteroatoms. The summed E-state index contributed by atoms with van der Waals surface area (Å²) in [7, 11) is 1.64. The molecule has 1 aromatic heterocycles. The number of nitrogens with one attached hydrogen (secondary N) is 2. The molecular weight excluding hydrogens is 454 g/mol. The van der Waals surface area contributed by atoms with Gasteiger partial charge in [-0.3, -0.25) is 0 Å². The van der Waals surface area contributed by atoms with Crippen LogP contribution in [-0.2, 0) is 19.3 Å². The van der Waals surface area contributed by atoms with Gasteiger partial charge in [0.2, 0.25) is 5.55 Å². The smallest absolute Gasteiger partial charge is 0.335 e. The lowest BCUT2D eigenvalue weighted by Gasteiger charge is -2.41. The summed E-state index contributed by atoms with van der Waals surface area (Å²) in [6, 6.07) is 13.6. The van der Waals surface area contributed by atoms with E-state index in [-0.39, 0.29) is 11.6 Å². The van der Waals surface area contributed by atoms with Gasteiger partial charge in [-0.05, 0) is 86.3 Å². The van der Waals surface area contributed by atoms with Gasteiger partial charge < -0.3 is 19.2 Å². The summed E-state index contributed by atoms with van der Waals surface area (Å²) >= 11 is 0. The van der Waals surface area contributed by atoms with Gasteiger partial charge in [0.25, 0.3) is 0 Å². The van der Waals surface area contributed by atoms with Gasteiger partial charge in [0.1, 0.15) is 22.7 Å². The number of benzene rings is 2. The van der Waals surface area contributed by atoms with Crippen LogP contribution >= 0.6 is 0 Å². The molecule has 0 atom stereocenters. The first kappa shape index (κ1) is 24.2. The number of carbonyl (C=O) groups excluding carboxylic acids is 1. The monoisotopic (exact) mass is 489 g/mol. The Kier molecular flexibility index (Phi) is 7.16. The van der Waals surface area contributed by atoms with E-state index in [1.807, 2.05) is 36.4 Å². The molecule has 2 aromatic carbocycles. The van der Waals surface area contributed by atoms with Crippen LogP contribution in [0.3, 0.4) is 0 Å². The molecule has 3 aromatic rings. The van der Waals surface area contributed by atoms with Crippen molar-refractivity contribution in [3.8, 4) is 11.5 Å². The van der Waals surface area contributed by atoms with Gasteiger partial charge in [0, 0.05) is 24.1 Å². The maximum Gasteiger partial charge on any atom is 0.335 e. The Balaban J connectivity index is 1.28. The van der Waals surface area contributed by atoms with E-state index >= 15 is 0 Å². The van der Waals surface area contributed by atoms with Crippen molar-refractivity contribution < 1.29 is 18.7 Å². The van der Waals surface area contributed by atoms with E-state index in [0.717, 1.165) is 65.7 Å². The van der Waals surface area contributed by atoms with Crippen molar-refractivity contribution >= 4 is 17.0 Å².